The number of hydrogen-bond donors (Lipinski definition) is 2. The molecule has 2 aliphatic carbocycles. The molecule has 6 heteroatoms. The normalized spacial score (nSPS) is 16.9. The third kappa shape index (κ3) is 4.18. The molecule has 166 valence electrons. The van der Waals surface area contributed by atoms with Gasteiger partial charge in [-0.3, -0.25) is 9.78 Å². The van der Waals surface area contributed by atoms with E-state index in [1.165, 1.54) is 38.2 Å². The average molecular weight is 453 g/mol. The maximum atomic E-state index is 14.1. The Labute approximate surface area is 191 Å². The lowest BCUT2D eigenvalue weighted by molar-refractivity contribution is 0.0968. The molecule has 3 aromatic rings. The summed E-state index contributed by atoms with van der Waals surface area (Å²) in [5.74, 6) is -0.472. The lowest BCUT2D eigenvalue weighted by Gasteiger charge is -2.23. The second-order valence-corrected chi connectivity index (χ2v) is 9.50. The van der Waals surface area contributed by atoms with Gasteiger partial charge in [-0.1, -0.05) is 36.9 Å². The summed E-state index contributed by atoms with van der Waals surface area (Å²) in [5.41, 5.74) is 3.55. The topological polar surface area (TPSA) is 62.2 Å². The number of Topliss-reactive ketones (excluding diaryl/α,β-unsaturated/α-hetero) is 1. The van der Waals surface area contributed by atoms with E-state index in [1.54, 1.807) is 12.3 Å². The van der Waals surface area contributed by atoms with E-state index in [0.717, 1.165) is 41.5 Å². The van der Waals surface area contributed by atoms with Crippen LogP contribution in [0.3, 0.4) is 0 Å². The highest BCUT2D eigenvalue weighted by Gasteiger charge is 2.32. The fourth-order valence-electron chi connectivity index (χ4n) is 4.68. The van der Waals surface area contributed by atoms with Gasteiger partial charge in [0.1, 0.15) is 0 Å². The number of aromatic nitrogens is 1. The number of fused-ring (bicyclic) bond motifs is 1. The third-order valence-corrected chi connectivity index (χ3v) is 7.01. The molecule has 0 aliphatic heterocycles. The monoisotopic (exact) mass is 452 g/mol. The lowest BCUT2D eigenvalue weighted by atomic mass is 9.89. The number of ketones is 1. The fourth-order valence-corrected chi connectivity index (χ4v) is 4.89. The summed E-state index contributed by atoms with van der Waals surface area (Å²) >= 11 is 6.00. The van der Waals surface area contributed by atoms with Gasteiger partial charge in [0.2, 0.25) is 0 Å². The Hall–Kier alpha value is -2.66. The number of aromatic hydroxyl groups is 1. The SMILES string of the molecule is O=C(c1cnc2ccc(-c3cc(F)c(O)c(Cl)c3)cc2c1NCC1CCCCC1)C1CC1. The van der Waals surface area contributed by atoms with E-state index < -0.39 is 11.6 Å². The summed E-state index contributed by atoms with van der Waals surface area (Å²) in [5, 5.41) is 14.1. The Morgan fingerprint density at radius 3 is 2.59 bits per heavy atom. The summed E-state index contributed by atoms with van der Waals surface area (Å²) in [6.45, 7) is 0.827. The minimum absolute atomic E-state index is 0.0356. The van der Waals surface area contributed by atoms with E-state index in [9.17, 15) is 14.3 Å². The molecule has 2 N–H and O–H groups in total. The molecule has 4 nitrogen and oxygen atoms in total. The Bertz CT molecular complexity index is 1160. The van der Waals surface area contributed by atoms with Gasteiger partial charge in [-0.05, 0) is 67.0 Å². The van der Waals surface area contributed by atoms with Crippen molar-refractivity contribution in [3.05, 3.63) is 52.9 Å². The van der Waals surface area contributed by atoms with Crippen molar-refractivity contribution in [1.29, 1.82) is 0 Å². The van der Waals surface area contributed by atoms with Crippen LogP contribution < -0.4 is 5.32 Å². The number of phenols is 1. The van der Waals surface area contributed by atoms with Crippen molar-refractivity contribution in [3.8, 4) is 16.9 Å². The molecule has 2 aromatic carbocycles. The molecule has 2 aliphatic rings. The van der Waals surface area contributed by atoms with Crippen LogP contribution in [0.5, 0.6) is 5.75 Å². The van der Waals surface area contributed by atoms with Crippen molar-refractivity contribution in [2.75, 3.05) is 11.9 Å². The number of halogens is 2. The zero-order valence-electron chi connectivity index (χ0n) is 17.8. The number of pyridine rings is 1. The zero-order chi connectivity index (χ0) is 22.2. The molecule has 1 heterocycles. The summed E-state index contributed by atoms with van der Waals surface area (Å²) < 4.78 is 14.1. The summed E-state index contributed by atoms with van der Waals surface area (Å²) in [4.78, 5) is 17.6. The number of hydrogen-bond acceptors (Lipinski definition) is 4. The number of nitrogens with one attached hydrogen (secondary N) is 1. The largest absolute Gasteiger partial charge is 0.504 e. The van der Waals surface area contributed by atoms with Crippen LogP contribution in [0.1, 0.15) is 55.3 Å². The van der Waals surface area contributed by atoms with E-state index in [2.05, 4.69) is 10.3 Å². The first-order chi connectivity index (χ1) is 15.5. The summed E-state index contributed by atoms with van der Waals surface area (Å²) in [6.07, 6.45) is 9.80. The number of nitrogens with zero attached hydrogens (tertiary/aromatic N) is 1. The van der Waals surface area contributed by atoms with Crippen molar-refractivity contribution in [2.45, 2.75) is 44.9 Å². The van der Waals surface area contributed by atoms with Gasteiger partial charge in [0.05, 0.1) is 21.8 Å². The van der Waals surface area contributed by atoms with E-state index in [0.29, 0.717) is 17.0 Å². The fraction of sp³-hybridized carbons (Fsp3) is 0.385. The van der Waals surface area contributed by atoms with Crippen LogP contribution in [0.15, 0.2) is 36.5 Å². The number of rotatable bonds is 6. The predicted molar refractivity (Wildman–Crippen MR) is 126 cm³/mol. The number of anilines is 1. The number of carbonyl (C=O) groups is 1. The Morgan fingerprint density at radius 1 is 1.09 bits per heavy atom. The van der Waals surface area contributed by atoms with Crippen LogP contribution in [0.2, 0.25) is 5.02 Å². The first kappa shape index (κ1) is 21.2. The van der Waals surface area contributed by atoms with Gasteiger partial charge in [0, 0.05) is 24.0 Å². The smallest absolute Gasteiger partial charge is 0.170 e. The molecular weight excluding hydrogens is 427 g/mol. The van der Waals surface area contributed by atoms with Crippen LogP contribution in [-0.2, 0) is 0 Å². The van der Waals surface area contributed by atoms with E-state index in [-0.39, 0.29) is 16.7 Å². The van der Waals surface area contributed by atoms with Gasteiger partial charge in [0.15, 0.2) is 17.3 Å². The minimum Gasteiger partial charge on any atom is -0.504 e. The quantitative estimate of drug-likeness (QED) is 0.396. The van der Waals surface area contributed by atoms with Crippen LogP contribution >= 0.6 is 11.6 Å². The van der Waals surface area contributed by atoms with Crippen molar-refractivity contribution < 1.29 is 14.3 Å². The molecule has 0 saturated heterocycles. The molecule has 2 saturated carbocycles. The standard InChI is InChI=1S/C26H26ClFN2O2/c27-21-11-18(12-22(28)26(21)32)17-8-9-23-19(10-17)24(30-13-15-4-2-1-3-5-15)20(14-29-23)25(31)16-6-7-16/h8-12,14-16,32H,1-7,13H2,(H,29,30). The maximum Gasteiger partial charge on any atom is 0.170 e. The van der Waals surface area contributed by atoms with Crippen LogP contribution in [0, 0.1) is 17.7 Å². The Morgan fingerprint density at radius 2 is 1.88 bits per heavy atom. The number of carbonyl (C=O) groups excluding carboxylic acids is 1. The molecular formula is C26H26ClFN2O2. The molecule has 2 fully saturated rings. The van der Waals surface area contributed by atoms with Gasteiger partial charge < -0.3 is 10.4 Å². The number of phenolic OH excluding ortho intramolecular Hbond substituents is 1. The van der Waals surface area contributed by atoms with E-state index in [1.807, 2.05) is 18.2 Å². The van der Waals surface area contributed by atoms with Gasteiger partial charge >= 0.3 is 0 Å². The average Bonchev–Trinajstić information content (AvgIpc) is 3.66. The molecule has 0 spiro atoms. The van der Waals surface area contributed by atoms with Gasteiger partial charge in [-0.25, -0.2) is 4.39 Å². The van der Waals surface area contributed by atoms with Crippen molar-refractivity contribution in [2.24, 2.45) is 11.8 Å². The van der Waals surface area contributed by atoms with Crippen molar-refractivity contribution >= 4 is 34.0 Å². The molecule has 0 amide bonds. The zero-order valence-corrected chi connectivity index (χ0v) is 18.6. The van der Waals surface area contributed by atoms with E-state index in [4.69, 9.17) is 11.6 Å². The second kappa shape index (κ2) is 8.70. The Kier molecular flexibility index (Phi) is 5.76. The number of benzene rings is 2. The molecule has 0 atom stereocenters. The van der Waals surface area contributed by atoms with Gasteiger partial charge in [0.25, 0.3) is 0 Å². The van der Waals surface area contributed by atoms with Crippen LogP contribution in [0.4, 0.5) is 10.1 Å². The highest BCUT2D eigenvalue weighted by Crippen LogP contribution is 2.39. The van der Waals surface area contributed by atoms with Gasteiger partial charge in [-0.2, -0.15) is 0 Å². The van der Waals surface area contributed by atoms with Crippen molar-refractivity contribution in [3.63, 3.8) is 0 Å². The summed E-state index contributed by atoms with van der Waals surface area (Å²) in [7, 11) is 0. The predicted octanol–water partition coefficient (Wildman–Crippen LogP) is 6.98. The minimum atomic E-state index is -0.765. The first-order valence-electron chi connectivity index (χ1n) is 11.4. The summed E-state index contributed by atoms with van der Waals surface area (Å²) in [6, 6.07) is 8.47. The van der Waals surface area contributed by atoms with Gasteiger partial charge in [-0.15, -0.1) is 0 Å². The third-order valence-electron chi connectivity index (χ3n) is 6.72. The second-order valence-electron chi connectivity index (χ2n) is 9.09. The molecule has 0 bridgehead atoms. The van der Waals surface area contributed by atoms with Crippen LogP contribution in [0.25, 0.3) is 22.0 Å². The Balaban J connectivity index is 1.58. The maximum absolute atomic E-state index is 14.1. The van der Waals surface area contributed by atoms with Crippen molar-refractivity contribution in [1.82, 2.24) is 4.98 Å². The lowest BCUT2D eigenvalue weighted by Crippen LogP contribution is -2.19. The highest BCUT2D eigenvalue weighted by atomic mass is 35.5. The molecule has 0 unspecified atom stereocenters. The molecule has 1 aromatic heterocycles. The molecule has 0 radical (unpaired) electrons. The molecule has 32 heavy (non-hydrogen) atoms. The van der Waals surface area contributed by atoms with E-state index >= 15 is 0 Å². The first-order valence-corrected chi connectivity index (χ1v) is 11.8. The van der Waals surface area contributed by atoms with Crippen LogP contribution in [-0.4, -0.2) is 22.4 Å². The highest BCUT2D eigenvalue weighted by molar-refractivity contribution is 6.32. The molecule has 5 rings (SSSR count).